The molecule has 0 aliphatic rings. The van der Waals surface area contributed by atoms with Gasteiger partial charge in [-0.05, 0) is 24.3 Å². The molecule has 8 nitrogen and oxygen atoms in total. The summed E-state index contributed by atoms with van der Waals surface area (Å²) in [6.07, 6.45) is 3.78. The summed E-state index contributed by atoms with van der Waals surface area (Å²) in [5, 5.41) is 0. The first-order valence-electron chi connectivity index (χ1n) is 4.60. The Kier molecular flexibility index (Phi) is 38.8. The largest absolute Gasteiger partial charge is 4.00 e. The number of hydrogen-bond acceptors (Lipinski definition) is 4. The molecule has 0 aromatic carbocycles. The summed E-state index contributed by atoms with van der Waals surface area (Å²) in [5.41, 5.74) is 24.3. The van der Waals surface area contributed by atoms with E-state index in [9.17, 15) is 19.2 Å². The van der Waals surface area contributed by atoms with Crippen LogP contribution < -0.4 is 0 Å². The Morgan fingerprint density at radius 3 is 0.571 bits per heavy atom. The minimum Gasteiger partial charge on any atom is -0.664 e. The maximum atomic E-state index is 9.36. The van der Waals surface area contributed by atoms with Crippen molar-refractivity contribution in [2.75, 3.05) is 0 Å². The van der Waals surface area contributed by atoms with Crippen molar-refractivity contribution in [2.24, 2.45) is 0 Å². The first-order valence-corrected chi connectivity index (χ1v) is 4.60. The van der Waals surface area contributed by atoms with Crippen LogP contribution in [0.4, 0.5) is 0 Å². The summed E-state index contributed by atoms with van der Waals surface area (Å²) < 4.78 is 0. The number of rotatable bonds is 4. The van der Waals surface area contributed by atoms with Crippen molar-refractivity contribution in [2.45, 2.75) is 0 Å². The van der Waals surface area contributed by atoms with Crippen molar-refractivity contribution in [3.8, 4) is 0 Å². The second kappa shape index (κ2) is 26.2. The Bertz CT molecular complexity index is 309. The molecule has 112 valence electrons. The van der Waals surface area contributed by atoms with Crippen LogP contribution in [0.3, 0.4) is 0 Å². The molecule has 9 heteroatoms. The van der Waals surface area contributed by atoms with E-state index in [4.69, 9.17) is 22.9 Å². The summed E-state index contributed by atoms with van der Waals surface area (Å²) in [5.74, 6) is -2.93. The standard InChI is InChI=1S/4C3H5NO.Ti/c4*1-2-3(4)5;/h4*2H,1H2,(H2,4,5);/q;;;;+4/p-4. The molecule has 0 heterocycles. The summed E-state index contributed by atoms with van der Waals surface area (Å²) in [7, 11) is 0. The van der Waals surface area contributed by atoms with Crippen molar-refractivity contribution in [1.82, 2.24) is 0 Å². The summed E-state index contributed by atoms with van der Waals surface area (Å²) in [6, 6.07) is 0. The second-order valence-corrected chi connectivity index (χ2v) is 2.27. The zero-order chi connectivity index (χ0) is 17.1. The van der Waals surface area contributed by atoms with Gasteiger partial charge in [0.15, 0.2) is 0 Å². The summed E-state index contributed by atoms with van der Waals surface area (Å²) >= 11 is 0. The third kappa shape index (κ3) is 138. The molecule has 0 bridgehead atoms. The third-order valence-corrected chi connectivity index (χ3v) is 0.742. The molecule has 4 amide bonds. The van der Waals surface area contributed by atoms with Gasteiger partial charge in [0, 0.05) is 0 Å². The summed E-state index contributed by atoms with van der Waals surface area (Å²) in [6.45, 7) is 12.1. The van der Waals surface area contributed by atoms with Gasteiger partial charge >= 0.3 is 21.7 Å². The fourth-order valence-electron chi connectivity index (χ4n) is 0. The average molecular weight is 328 g/mol. The SMILES string of the molecule is C=CC([NH-])=O.C=CC([NH-])=O.C=CC([NH-])=O.C=CC([NH-])=O.[Ti+4]. The van der Waals surface area contributed by atoms with Crippen LogP contribution in [0.2, 0.25) is 0 Å². The van der Waals surface area contributed by atoms with E-state index in [1.54, 1.807) is 0 Å². The van der Waals surface area contributed by atoms with Crippen molar-refractivity contribution < 1.29 is 40.9 Å². The number of nitrogens with one attached hydrogen (secondary N) is 4. The molecule has 0 aliphatic carbocycles. The van der Waals surface area contributed by atoms with E-state index in [0.29, 0.717) is 0 Å². The topological polar surface area (TPSA) is 163 Å². The van der Waals surface area contributed by atoms with Gasteiger partial charge in [-0.2, -0.15) is 0 Å². The molecule has 0 fully saturated rings. The molecular weight excluding hydrogens is 312 g/mol. The zero-order valence-corrected chi connectivity index (χ0v) is 12.8. The average Bonchev–Trinajstić information content (AvgIpc) is 2.40. The first kappa shape index (κ1) is 31.1. The molecule has 0 radical (unpaired) electrons. The number of carbonyl (C=O) groups is 4. The Balaban J connectivity index is -0.0000000533. The number of amides is 4. The molecule has 0 aliphatic heterocycles. The predicted molar refractivity (Wildman–Crippen MR) is 78.1 cm³/mol. The Hall–Kier alpha value is -2.45. The Morgan fingerprint density at radius 1 is 0.524 bits per heavy atom. The van der Waals surface area contributed by atoms with Crippen molar-refractivity contribution in [3.05, 3.63) is 73.6 Å². The molecule has 0 aromatic rings. The van der Waals surface area contributed by atoms with Gasteiger partial charge in [-0.3, -0.25) is 0 Å². The van der Waals surface area contributed by atoms with E-state index < -0.39 is 23.6 Å². The predicted octanol–water partition coefficient (Wildman–Crippen LogP) is 3.00. The van der Waals surface area contributed by atoms with Crippen LogP contribution in [-0.4, -0.2) is 23.6 Å². The molecule has 0 saturated heterocycles. The van der Waals surface area contributed by atoms with E-state index in [1.165, 1.54) is 0 Å². The number of hydrogen-bond donors (Lipinski definition) is 0. The van der Waals surface area contributed by atoms with Crippen LogP contribution in [-0.2, 0) is 40.9 Å². The van der Waals surface area contributed by atoms with Gasteiger partial charge in [0.1, 0.15) is 0 Å². The van der Waals surface area contributed by atoms with E-state index >= 15 is 0 Å². The zero-order valence-electron chi connectivity index (χ0n) is 11.3. The van der Waals surface area contributed by atoms with Gasteiger partial charge < -0.3 is 42.1 Å². The van der Waals surface area contributed by atoms with E-state index in [0.717, 1.165) is 24.3 Å². The normalized spacial score (nSPS) is 6.10. The van der Waals surface area contributed by atoms with Gasteiger partial charge in [0.05, 0.1) is 23.6 Å². The maximum Gasteiger partial charge on any atom is 4.00 e. The Morgan fingerprint density at radius 2 is 0.571 bits per heavy atom. The minimum atomic E-state index is -0.731. The molecule has 4 N–H and O–H groups in total. The van der Waals surface area contributed by atoms with E-state index in [-0.39, 0.29) is 21.7 Å². The fourth-order valence-corrected chi connectivity index (χ4v) is 0. The van der Waals surface area contributed by atoms with Gasteiger partial charge in [-0.15, -0.1) is 0 Å². The smallest absolute Gasteiger partial charge is 0.664 e. The third-order valence-electron chi connectivity index (χ3n) is 0.742. The van der Waals surface area contributed by atoms with Gasteiger partial charge in [-0.1, -0.05) is 26.3 Å². The molecule has 21 heavy (non-hydrogen) atoms. The Labute approximate surface area is 138 Å². The van der Waals surface area contributed by atoms with Crippen molar-refractivity contribution in [1.29, 1.82) is 0 Å². The molecule has 0 rings (SSSR count). The molecular formula is C12H16N4O4Ti. The van der Waals surface area contributed by atoms with Gasteiger partial charge in [-0.25, -0.2) is 0 Å². The van der Waals surface area contributed by atoms with Crippen LogP contribution >= 0.6 is 0 Å². The number of carbonyl (C=O) groups excluding carboxylic acids is 4. The molecule has 0 unspecified atom stereocenters. The quantitative estimate of drug-likeness (QED) is 0.572. The van der Waals surface area contributed by atoms with Crippen LogP contribution in [0.25, 0.3) is 22.9 Å². The van der Waals surface area contributed by atoms with Crippen molar-refractivity contribution >= 4 is 23.6 Å². The van der Waals surface area contributed by atoms with Crippen molar-refractivity contribution in [3.63, 3.8) is 0 Å². The molecule has 0 atom stereocenters. The van der Waals surface area contributed by atoms with Crippen LogP contribution in [0.5, 0.6) is 0 Å². The fraction of sp³-hybridized carbons (Fsp3) is 0. The first-order chi connectivity index (χ1) is 9.08. The van der Waals surface area contributed by atoms with E-state index in [1.807, 2.05) is 0 Å². The molecule has 0 aromatic heterocycles. The minimum absolute atomic E-state index is 0. The summed E-state index contributed by atoms with van der Waals surface area (Å²) in [4.78, 5) is 37.4. The second-order valence-electron chi connectivity index (χ2n) is 2.27. The van der Waals surface area contributed by atoms with E-state index in [2.05, 4.69) is 26.3 Å². The van der Waals surface area contributed by atoms with Crippen LogP contribution in [0, 0.1) is 0 Å². The van der Waals surface area contributed by atoms with Gasteiger partial charge in [0.25, 0.3) is 0 Å². The monoisotopic (exact) mass is 328 g/mol. The molecule has 0 spiro atoms. The van der Waals surface area contributed by atoms with Crippen LogP contribution in [0.1, 0.15) is 0 Å². The maximum absolute atomic E-state index is 9.36. The molecule has 0 saturated carbocycles. The van der Waals surface area contributed by atoms with Gasteiger partial charge in [0.2, 0.25) is 0 Å². The van der Waals surface area contributed by atoms with Crippen LogP contribution in [0.15, 0.2) is 50.6 Å².